The number of amides is 1. The number of aromatic nitrogens is 3. The van der Waals surface area contributed by atoms with Crippen LogP contribution in [0.15, 0.2) is 54.9 Å². The van der Waals surface area contributed by atoms with Gasteiger partial charge in [0.25, 0.3) is 5.91 Å². The minimum absolute atomic E-state index is 0.236. The molecule has 28 heavy (non-hydrogen) atoms. The summed E-state index contributed by atoms with van der Waals surface area (Å²) in [5.41, 5.74) is 3.23. The van der Waals surface area contributed by atoms with Crippen LogP contribution in [-0.4, -0.2) is 34.5 Å². The van der Waals surface area contributed by atoms with Crippen LogP contribution < -0.4 is 15.4 Å². The molecular formula is C21H23N5O2. The monoisotopic (exact) mass is 377 g/mol. The van der Waals surface area contributed by atoms with Crippen molar-refractivity contribution >= 4 is 11.9 Å². The maximum Gasteiger partial charge on any atom is 0.270 e. The number of nitrogens with one attached hydrogen (secondary N) is 2. The normalized spacial score (nSPS) is 10.4. The molecule has 0 saturated heterocycles. The van der Waals surface area contributed by atoms with Gasteiger partial charge in [0, 0.05) is 31.2 Å². The van der Waals surface area contributed by atoms with Gasteiger partial charge in [-0.1, -0.05) is 12.1 Å². The largest absolute Gasteiger partial charge is 0.497 e. The van der Waals surface area contributed by atoms with Crippen LogP contribution in [0, 0.1) is 6.92 Å². The number of hydrogen-bond donors (Lipinski definition) is 2. The molecule has 0 spiro atoms. The van der Waals surface area contributed by atoms with Crippen LogP contribution in [0.4, 0.5) is 5.95 Å². The zero-order valence-corrected chi connectivity index (χ0v) is 16.0. The van der Waals surface area contributed by atoms with E-state index in [2.05, 4.69) is 25.6 Å². The average Bonchev–Trinajstić information content (AvgIpc) is 2.73. The standard InChI is InChI=1S/C21H23N5O2/c1-15-13-19(20(27)24-14-17-7-10-22-11-8-17)26-21(25-15)23-12-9-16-3-5-18(28-2)6-4-16/h3-8,10-11,13H,9,12,14H2,1-2H3,(H,24,27)(H,23,25,26). The van der Waals surface area contributed by atoms with Gasteiger partial charge in [-0.2, -0.15) is 0 Å². The number of carbonyl (C=O) groups is 1. The second kappa shape index (κ2) is 9.45. The fraction of sp³-hybridized carbons (Fsp3) is 0.238. The zero-order valence-electron chi connectivity index (χ0n) is 16.0. The number of nitrogens with zero attached hydrogens (tertiary/aromatic N) is 3. The lowest BCUT2D eigenvalue weighted by Gasteiger charge is -2.09. The van der Waals surface area contributed by atoms with Crippen molar-refractivity contribution in [3.8, 4) is 5.75 Å². The van der Waals surface area contributed by atoms with Gasteiger partial charge < -0.3 is 15.4 Å². The molecule has 1 aromatic carbocycles. The molecule has 0 unspecified atom stereocenters. The number of aryl methyl sites for hydroxylation is 1. The molecule has 0 radical (unpaired) electrons. The van der Waals surface area contributed by atoms with Crippen molar-refractivity contribution in [1.29, 1.82) is 0 Å². The Labute approximate surface area is 164 Å². The molecule has 0 aliphatic rings. The van der Waals surface area contributed by atoms with Crippen molar-refractivity contribution in [3.05, 3.63) is 77.4 Å². The Balaban J connectivity index is 1.56. The lowest BCUT2D eigenvalue weighted by atomic mass is 10.1. The van der Waals surface area contributed by atoms with E-state index in [1.807, 2.05) is 43.3 Å². The quantitative estimate of drug-likeness (QED) is 0.627. The summed E-state index contributed by atoms with van der Waals surface area (Å²) in [5.74, 6) is 1.05. The maximum atomic E-state index is 12.4. The van der Waals surface area contributed by atoms with Gasteiger partial charge in [-0.15, -0.1) is 0 Å². The van der Waals surface area contributed by atoms with Crippen molar-refractivity contribution < 1.29 is 9.53 Å². The Hall–Kier alpha value is -3.48. The summed E-state index contributed by atoms with van der Waals surface area (Å²) in [6.45, 7) is 2.93. The fourth-order valence-electron chi connectivity index (χ4n) is 2.65. The molecule has 7 heteroatoms. The van der Waals surface area contributed by atoms with Gasteiger partial charge in [-0.25, -0.2) is 9.97 Å². The Morgan fingerprint density at radius 3 is 2.50 bits per heavy atom. The van der Waals surface area contributed by atoms with E-state index in [1.54, 1.807) is 25.6 Å². The van der Waals surface area contributed by atoms with Crippen molar-refractivity contribution in [1.82, 2.24) is 20.3 Å². The molecule has 0 aliphatic heterocycles. The number of rotatable bonds is 8. The molecule has 0 aliphatic carbocycles. The maximum absolute atomic E-state index is 12.4. The first-order chi connectivity index (χ1) is 13.6. The fourth-order valence-corrected chi connectivity index (χ4v) is 2.65. The van der Waals surface area contributed by atoms with Gasteiger partial charge in [-0.3, -0.25) is 9.78 Å². The van der Waals surface area contributed by atoms with E-state index in [0.29, 0.717) is 24.7 Å². The summed E-state index contributed by atoms with van der Waals surface area (Å²) >= 11 is 0. The molecule has 0 saturated carbocycles. The smallest absolute Gasteiger partial charge is 0.270 e. The van der Waals surface area contributed by atoms with Crippen LogP contribution in [0.1, 0.15) is 27.3 Å². The summed E-state index contributed by atoms with van der Waals surface area (Å²) in [6.07, 6.45) is 4.20. The highest BCUT2D eigenvalue weighted by Crippen LogP contribution is 2.12. The second-order valence-electron chi connectivity index (χ2n) is 6.28. The van der Waals surface area contributed by atoms with Crippen LogP contribution >= 0.6 is 0 Å². The van der Waals surface area contributed by atoms with E-state index in [9.17, 15) is 4.79 Å². The van der Waals surface area contributed by atoms with Gasteiger partial charge >= 0.3 is 0 Å². The lowest BCUT2D eigenvalue weighted by Crippen LogP contribution is -2.24. The Morgan fingerprint density at radius 1 is 1.04 bits per heavy atom. The van der Waals surface area contributed by atoms with Crippen molar-refractivity contribution in [2.75, 3.05) is 19.0 Å². The molecule has 2 aromatic heterocycles. The summed E-state index contributed by atoms with van der Waals surface area (Å²) in [6, 6.07) is 13.3. The van der Waals surface area contributed by atoms with E-state index in [-0.39, 0.29) is 5.91 Å². The predicted molar refractivity (Wildman–Crippen MR) is 107 cm³/mol. The van der Waals surface area contributed by atoms with Crippen LogP contribution in [0.25, 0.3) is 0 Å². The van der Waals surface area contributed by atoms with Crippen molar-refractivity contribution in [2.24, 2.45) is 0 Å². The molecule has 3 rings (SSSR count). The van der Waals surface area contributed by atoms with Crippen LogP contribution in [-0.2, 0) is 13.0 Å². The number of hydrogen-bond acceptors (Lipinski definition) is 6. The Morgan fingerprint density at radius 2 is 1.79 bits per heavy atom. The first kappa shape index (κ1) is 19.3. The van der Waals surface area contributed by atoms with Crippen molar-refractivity contribution in [3.63, 3.8) is 0 Å². The van der Waals surface area contributed by atoms with Crippen LogP contribution in [0.3, 0.4) is 0 Å². The molecule has 7 nitrogen and oxygen atoms in total. The molecule has 144 valence electrons. The molecule has 2 N–H and O–H groups in total. The summed E-state index contributed by atoms with van der Waals surface area (Å²) < 4.78 is 5.16. The molecule has 0 atom stereocenters. The van der Waals surface area contributed by atoms with E-state index in [1.165, 1.54) is 5.56 Å². The molecule has 2 heterocycles. The van der Waals surface area contributed by atoms with E-state index in [4.69, 9.17) is 4.74 Å². The van der Waals surface area contributed by atoms with E-state index >= 15 is 0 Å². The highest BCUT2D eigenvalue weighted by atomic mass is 16.5. The Bertz CT molecular complexity index is 914. The minimum atomic E-state index is -0.236. The summed E-state index contributed by atoms with van der Waals surface area (Å²) in [7, 11) is 1.65. The molecule has 0 bridgehead atoms. The third kappa shape index (κ3) is 5.51. The van der Waals surface area contributed by atoms with Gasteiger partial charge in [0.2, 0.25) is 5.95 Å². The minimum Gasteiger partial charge on any atom is -0.497 e. The third-order valence-electron chi connectivity index (χ3n) is 4.15. The van der Waals surface area contributed by atoms with Crippen molar-refractivity contribution in [2.45, 2.75) is 19.9 Å². The first-order valence-corrected chi connectivity index (χ1v) is 9.03. The number of carbonyl (C=O) groups excluding carboxylic acids is 1. The van der Waals surface area contributed by atoms with Crippen LogP contribution in [0.5, 0.6) is 5.75 Å². The topological polar surface area (TPSA) is 89.0 Å². The molecule has 1 amide bonds. The average molecular weight is 377 g/mol. The summed E-state index contributed by atoms with van der Waals surface area (Å²) in [5, 5.41) is 6.06. The van der Waals surface area contributed by atoms with Crippen LogP contribution in [0.2, 0.25) is 0 Å². The third-order valence-corrected chi connectivity index (χ3v) is 4.15. The lowest BCUT2D eigenvalue weighted by molar-refractivity contribution is 0.0945. The SMILES string of the molecule is COc1ccc(CCNc2nc(C)cc(C(=O)NCc3ccncc3)n2)cc1. The number of benzene rings is 1. The number of methoxy groups -OCH3 is 1. The molecule has 0 fully saturated rings. The molecule has 3 aromatic rings. The number of ether oxygens (including phenoxy) is 1. The first-order valence-electron chi connectivity index (χ1n) is 9.03. The second-order valence-corrected chi connectivity index (χ2v) is 6.28. The zero-order chi connectivity index (χ0) is 19.8. The number of anilines is 1. The Kier molecular flexibility index (Phi) is 6.51. The predicted octanol–water partition coefficient (Wildman–Crippen LogP) is 2.77. The van der Waals surface area contributed by atoms with Gasteiger partial charge in [0.15, 0.2) is 0 Å². The van der Waals surface area contributed by atoms with E-state index in [0.717, 1.165) is 23.4 Å². The van der Waals surface area contributed by atoms with Gasteiger partial charge in [-0.05, 0) is 54.8 Å². The van der Waals surface area contributed by atoms with Gasteiger partial charge in [0.05, 0.1) is 7.11 Å². The molecular weight excluding hydrogens is 354 g/mol. The highest BCUT2D eigenvalue weighted by Gasteiger charge is 2.10. The van der Waals surface area contributed by atoms with Gasteiger partial charge in [0.1, 0.15) is 11.4 Å². The van der Waals surface area contributed by atoms with E-state index < -0.39 is 0 Å². The summed E-state index contributed by atoms with van der Waals surface area (Å²) in [4.78, 5) is 25.1. The number of pyridine rings is 1. The highest BCUT2D eigenvalue weighted by molar-refractivity contribution is 5.92.